The summed E-state index contributed by atoms with van der Waals surface area (Å²) in [6.45, 7) is 3.41. The first-order valence-corrected chi connectivity index (χ1v) is 7.60. The molecule has 1 aliphatic heterocycles. The average Bonchev–Trinajstić information content (AvgIpc) is 2.54. The molecule has 0 radical (unpaired) electrons. The highest BCUT2D eigenvalue weighted by atomic mass is 35.5. The van der Waals surface area contributed by atoms with Crippen LogP contribution >= 0.6 is 11.6 Å². The van der Waals surface area contributed by atoms with E-state index in [-0.39, 0.29) is 5.57 Å². The predicted molar refractivity (Wildman–Crippen MR) is 89.4 cm³/mol. The third-order valence-corrected chi connectivity index (χ3v) is 3.92. The molecule has 6 nitrogen and oxygen atoms in total. The Hall–Kier alpha value is -2.23. The number of nitriles is 1. The molecule has 1 amide bonds. The van der Waals surface area contributed by atoms with E-state index in [0.717, 1.165) is 26.2 Å². The fourth-order valence-electron chi connectivity index (χ4n) is 2.21. The van der Waals surface area contributed by atoms with Crippen LogP contribution in [0.15, 0.2) is 30.0 Å². The summed E-state index contributed by atoms with van der Waals surface area (Å²) < 4.78 is 5.06. The Kier molecular flexibility index (Phi) is 5.85. The maximum Gasteiger partial charge on any atom is 0.267 e. The van der Waals surface area contributed by atoms with Crippen LogP contribution in [0.4, 0.5) is 5.69 Å². The quantitative estimate of drug-likeness (QED) is 0.673. The van der Waals surface area contributed by atoms with Crippen LogP contribution in [0.3, 0.4) is 0 Å². The maximum absolute atomic E-state index is 12.2. The molecule has 122 valence electrons. The van der Waals surface area contributed by atoms with Crippen molar-refractivity contribution in [2.75, 3.05) is 45.7 Å². The van der Waals surface area contributed by atoms with Crippen LogP contribution in [0.25, 0.3) is 0 Å². The Bertz CT molecular complexity index is 646. The Labute approximate surface area is 140 Å². The molecule has 0 unspecified atom stereocenters. The third kappa shape index (κ3) is 4.62. The molecule has 2 rings (SSSR count). The van der Waals surface area contributed by atoms with Crippen molar-refractivity contribution >= 4 is 23.2 Å². The van der Waals surface area contributed by atoms with E-state index in [2.05, 4.69) is 10.2 Å². The van der Waals surface area contributed by atoms with Crippen molar-refractivity contribution in [3.8, 4) is 11.8 Å². The minimum absolute atomic E-state index is 0.0708. The first-order valence-electron chi connectivity index (χ1n) is 7.23. The van der Waals surface area contributed by atoms with Crippen molar-refractivity contribution < 1.29 is 9.53 Å². The molecule has 1 aromatic rings. The largest absolute Gasteiger partial charge is 0.495 e. The van der Waals surface area contributed by atoms with E-state index in [1.165, 1.54) is 7.11 Å². The number of hydrogen-bond acceptors (Lipinski definition) is 5. The molecule has 1 heterocycles. The molecule has 0 aliphatic carbocycles. The van der Waals surface area contributed by atoms with Gasteiger partial charge in [0.05, 0.1) is 12.1 Å². The number of likely N-dealkylation sites (N-methyl/N-ethyl adjacent to an activating group) is 1. The van der Waals surface area contributed by atoms with Crippen LogP contribution in [0.2, 0.25) is 5.02 Å². The summed E-state index contributed by atoms with van der Waals surface area (Å²) >= 11 is 6.03. The summed E-state index contributed by atoms with van der Waals surface area (Å²) in [5.74, 6) is 0.0748. The number of ether oxygens (including phenoxy) is 1. The molecule has 1 saturated heterocycles. The van der Waals surface area contributed by atoms with Gasteiger partial charge in [-0.2, -0.15) is 5.26 Å². The fraction of sp³-hybridized carbons (Fsp3) is 0.375. The first-order chi connectivity index (χ1) is 11.0. The highest BCUT2D eigenvalue weighted by molar-refractivity contribution is 6.32. The van der Waals surface area contributed by atoms with Gasteiger partial charge in [0.2, 0.25) is 0 Å². The van der Waals surface area contributed by atoms with E-state index in [9.17, 15) is 10.1 Å². The lowest BCUT2D eigenvalue weighted by Gasteiger charge is -2.31. The Morgan fingerprint density at radius 2 is 2.09 bits per heavy atom. The van der Waals surface area contributed by atoms with Gasteiger partial charge in [-0.15, -0.1) is 0 Å². The van der Waals surface area contributed by atoms with Crippen molar-refractivity contribution in [3.63, 3.8) is 0 Å². The monoisotopic (exact) mass is 334 g/mol. The standard InChI is InChI=1S/C16H19ClN4O2/c1-20-5-7-21(8-6-20)11-12(10-18)16(22)19-13-3-4-15(23-2)14(17)9-13/h3-4,9,11H,5-8H2,1-2H3,(H,19,22)/b12-11-. The summed E-state index contributed by atoms with van der Waals surface area (Å²) in [5.41, 5.74) is 0.585. The van der Waals surface area contributed by atoms with Crippen molar-refractivity contribution in [2.45, 2.75) is 0 Å². The van der Waals surface area contributed by atoms with E-state index < -0.39 is 5.91 Å². The normalized spacial score (nSPS) is 15.9. The number of carbonyl (C=O) groups is 1. The molecule has 0 aromatic heterocycles. The van der Waals surface area contributed by atoms with Crippen LogP contribution in [0.1, 0.15) is 0 Å². The van der Waals surface area contributed by atoms with Crippen LogP contribution < -0.4 is 10.1 Å². The lowest BCUT2D eigenvalue weighted by atomic mass is 10.2. The Balaban J connectivity index is 2.05. The van der Waals surface area contributed by atoms with Gasteiger partial charge in [0, 0.05) is 38.1 Å². The lowest BCUT2D eigenvalue weighted by molar-refractivity contribution is -0.112. The minimum atomic E-state index is -0.451. The number of anilines is 1. The summed E-state index contributed by atoms with van der Waals surface area (Å²) in [5, 5.41) is 12.3. The molecule has 1 fully saturated rings. The molecule has 0 spiro atoms. The van der Waals surface area contributed by atoms with E-state index in [4.69, 9.17) is 16.3 Å². The van der Waals surface area contributed by atoms with Gasteiger partial charge in [0.15, 0.2) is 0 Å². The van der Waals surface area contributed by atoms with Gasteiger partial charge in [-0.05, 0) is 25.2 Å². The average molecular weight is 335 g/mol. The number of amides is 1. The van der Waals surface area contributed by atoms with E-state index in [1.54, 1.807) is 24.4 Å². The second kappa shape index (κ2) is 7.86. The number of rotatable bonds is 4. The molecule has 0 atom stereocenters. The number of nitrogens with zero attached hydrogens (tertiary/aromatic N) is 3. The highest BCUT2D eigenvalue weighted by Gasteiger charge is 2.15. The van der Waals surface area contributed by atoms with Gasteiger partial charge in [-0.1, -0.05) is 11.6 Å². The third-order valence-electron chi connectivity index (χ3n) is 3.62. The first kappa shape index (κ1) is 17.1. The van der Waals surface area contributed by atoms with Gasteiger partial charge < -0.3 is 19.9 Å². The smallest absolute Gasteiger partial charge is 0.267 e. The van der Waals surface area contributed by atoms with Crippen LogP contribution in [-0.2, 0) is 4.79 Å². The number of hydrogen-bond donors (Lipinski definition) is 1. The molecular formula is C16H19ClN4O2. The van der Waals surface area contributed by atoms with Crippen LogP contribution in [0, 0.1) is 11.3 Å². The van der Waals surface area contributed by atoms with Gasteiger partial charge in [0.1, 0.15) is 17.4 Å². The molecular weight excluding hydrogens is 316 g/mol. The summed E-state index contributed by atoms with van der Waals surface area (Å²) in [7, 11) is 3.57. The number of benzene rings is 1. The highest BCUT2D eigenvalue weighted by Crippen LogP contribution is 2.27. The van der Waals surface area contributed by atoms with E-state index in [0.29, 0.717) is 16.5 Å². The molecule has 1 aliphatic rings. The number of methoxy groups -OCH3 is 1. The van der Waals surface area contributed by atoms with Crippen molar-refractivity contribution in [1.29, 1.82) is 5.26 Å². The Morgan fingerprint density at radius 1 is 1.39 bits per heavy atom. The van der Waals surface area contributed by atoms with Gasteiger partial charge in [-0.25, -0.2) is 0 Å². The van der Waals surface area contributed by atoms with Crippen LogP contribution in [0.5, 0.6) is 5.75 Å². The molecule has 1 aromatic carbocycles. The lowest BCUT2D eigenvalue weighted by Crippen LogP contribution is -2.42. The molecule has 1 N–H and O–H groups in total. The Morgan fingerprint density at radius 3 is 2.65 bits per heavy atom. The van der Waals surface area contributed by atoms with E-state index >= 15 is 0 Å². The molecule has 23 heavy (non-hydrogen) atoms. The zero-order valence-corrected chi connectivity index (χ0v) is 13.9. The summed E-state index contributed by atoms with van der Waals surface area (Å²) in [4.78, 5) is 16.4. The zero-order chi connectivity index (χ0) is 16.8. The molecule has 7 heteroatoms. The zero-order valence-electron chi connectivity index (χ0n) is 13.2. The summed E-state index contributed by atoms with van der Waals surface area (Å²) in [6, 6.07) is 6.88. The fourth-order valence-corrected chi connectivity index (χ4v) is 2.47. The van der Waals surface area contributed by atoms with Crippen molar-refractivity contribution in [1.82, 2.24) is 9.80 Å². The topological polar surface area (TPSA) is 68.6 Å². The SMILES string of the molecule is COc1ccc(NC(=O)/C(C#N)=C\N2CCN(C)CC2)cc1Cl. The predicted octanol–water partition coefficient (Wildman–Crippen LogP) is 1.94. The summed E-state index contributed by atoms with van der Waals surface area (Å²) in [6.07, 6.45) is 1.62. The van der Waals surface area contributed by atoms with Gasteiger partial charge >= 0.3 is 0 Å². The second-order valence-corrected chi connectivity index (χ2v) is 5.70. The number of halogens is 1. The van der Waals surface area contributed by atoms with Gasteiger partial charge in [-0.3, -0.25) is 4.79 Å². The van der Waals surface area contributed by atoms with Crippen molar-refractivity contribution in [3.05, 3.63) is 35.0 Å². The van der Waals surface area contributed by atoms with Gasteiger partial charge in [0.25, 0.3) is 5.91 Å². The molecule has 0 saturated carbocycles. The van der Waals surface area contributed by atoms with Crippen LogP contribution in [-0.4, -0.2) is 56.0 Å². The maximum atomic E-state index is 12.2. The number of carbonyl (C=O) groups excluding carboxylic acids is 1. The van der Waals surface area contributed by atoms with E-state index in [1.807, 2.05) is 18.0 Å². The second-order valence-electron chi connectivity index (χ2n) is 5.30. The number of piperazine rings is 1. The minimum Gasteiger partial charge on any atom is -0.495 e. The molecule has 0 bridgehead atoms. The number of nitrogens with one attached hydrogen (secondary N) is 1. The van der Waals surface area contributed by atoms with Crippen molar-refractivity contribution in [2.24, 2.45) is 0 Å².